The summed E-state index contributed by atoms with van der Waals surface area (Å²) in [5, 5.41) is 0. The number of carbonyl (C=O) groups is 2. The number of aromatic amines is 1. The van der Waals surface area contributed by atoms with Gasteiger partial charge in [-0.2, -0.15) is 4.98 Å². The molecule has 4 N–H and O–H groups in total. The molecular formula is C10H11N5Na2O11P2. The molecule has 0 saturated carbocycles. The first kappa shape index (κ1) is 29.7. The van der Waals surface area contributed by atoms with E-state index in [2.05, 4.69) is 23.8 Å². The molecule has 0 aromatic carbocycles. The van der Waals surface area contributed by atoms with Crippen LogP contribution in [0.1, 0.15) is 6.23 Å². The van der Waals surface area contributed by atoms with Gasteiger partial charge in [0, 0.05) is 0 Å². The van der Waals surface area contributed by atoms with Crippen molar-refractivity contribution in [2.45, 2.75) is 12.3 Å². The minimum atomic E-state index is -5.67. The number of phosphoric acid groups is 2. The van der Waals surface area contributed by atoms with E-state index in [1.807, 2.05) is 0 Å². The number of hydrogen-bond acceptors (Lipinski definition) is 13. The fourth-order valence-corrected chi connectivity index (χ4v) is 3.43. The van der Waals surface area contributed by atoms with Gasteiger partial charge in [-0.3, -0.25) is 28.3 Å². The average molecular weight is 485 g/mol. The maximum Gasteiger partial charge on any atom is 1.00 e. The Labute approximate surface area is 210 Å². The van der Waals surface area contributed by atoms with Crippen LogP contribution in [0, 0.1) is 0 Å². The standard InChI is InChI=1S/C10H13N5O11P2.2Na/c11-10-13-8-7(9(18)14-10)12-4-15(8)6(2-17)25-5(1-16)3-24-28(22,23)26-27(19,20)21;;/h1-2,4-6H,3H2,(H,22,23)(H2,19,20,21)(H3,11,13,14,18);;/q;2*+1/p-2. The van der Waals surface area contributed by atoms with Gasteiger partial charge in [0.05, 0.1) is 12.9 Å². The van der Waals surface area contributed by atoms with Gasteiger partial charge in [-0.15, -0.1) is 0 Å². The van der Waals surface area contributed by atoms with Crippen LogP contribution in [0.4, 0.5) is 5.95 Å². The number of fused-ring (bicyclic) bond motifs is 1. The van der Waals surface area contributed by atoms with Crippen molar-refractivity contribution in [3.05, 3.63) is 16.7 Å². The normalized spacial score (nSPS) is 16.9. The molecule has 0 aliphatic carbocycles. The zero-order valence-electron chi connectivity index (χ0n) is 15.4. The molecule has 0 radical (unpaired) electrons. The van der Waals surface area contributed by atoms with E-state index in [9.17, 15) is 33.3 Å². The Morgan fingerprint density at radius 1 is 1.30 bits per heavy atom. The first-order valence-electron chi connectivity index (χ1n) is 6.95. The Bertz CT molecular complexity index is 1040. The van der Waals surface area contributed by atoms with Crippen LogP contribution in [0.2, 0.25) is 0 Å². The minimum Gasteiger partial charge on any atom is -0.756 e. The summed E-state index contributed by atoms with van der Waals surface area (Å²) in [4.78, 5) is 73.8. The summed E-state index contributed by atoms with van der Waals surface area (Å²) in [7, 11) is -11.2. The van der Waals surface area contributed by atoms with Crippen molar-refractivity contribution < 1.29 is 106 Å². The van der Waals surface area contributed by atoms with Crippen LogP contribution in [0.15, 0.2) is 11.1 Å². The van der Waals surface area contributed by atoms with E-state index in [0.29, 0.717) is 0 Å². The predicted molar refractivity (Wildman–Crippen MR) is 83.1 cm³/mol. The number of aldehydes is 2. The molecule has 0 bridgehead atoms. The maximum atomic E-state index is 11.7. The quantitative estimate of drug-likeness (QED) is 0.161. The topological polar surface area (TPSA) is 252 Å². The first-order valence-corrected chi connectivity index (χ1v) is 9.90. The van der Waals surface area contributed by atoms with E-state index in [1.165, 1.54) is 0 Å². The van der Waals surface area contributed by atoms with Crippen LogP contribution in [-0.2, 0) is 32.3 Å². The molecule has 0 saturated heterocycles. The summed E-state index contributed by atoms with van der Waals surface area (Å²) < 4.78 is 35.1. The van der Waals surface area contributed by atoms with Gasteiger partial charge in [-0.25, -0.2) is 9.29 Å². The van der Waals surface area contributed by atoms with E-state index in [0.717, 1.165) is 10.9 Å². The van der Waals surface area contributed by atoms with Crippen LogP contribution in [0.5, 0.6) is 0 Å². The number of H-pyrrole nitrogens is 1. The number of phosphoric ester groups is 1. The number of nitrogens with two attached hydrogens (primary N) is 1. The van der Waals surface area contributed by atoms with Crippen molar-refractivity contribution in [2.75, 3.05) is 12.3 Å². The Kier molecular flexibility index (Phi) is 12.0. The van der Waals surface area contributed by atoms with Crippen LogP contribution in [0.3, 0.4) is 0 Å². The van der Waals surface area contributed by atoms with Gasteiger partial charge >= 0.3 is 59.1 Å². The number of rotatable bonds is 10. The SMILES string of the molecule is Nc1nc2c(ncn2C(C=O)OC(C=O)COP(=O)([O-])OP(=O)([O-])O)c(=O)[nH]1.[Na+].[Na+]. The van der Waals surface area contributed by atoms with Gasteiger partial charge in [-0.1, -0.05) is 0 Å². The molecule has 0 fully saturated rings. The van der Waals surface area contributed by atoms with Crippen LogP contribution in [0.25, 0.3) is 11.2 Å². The third kappa shape index (κ3) is 8.33. The molecular weight excluding hydrogens is 474 g/mol. The van der Waals surface area contributed by atoms with E-state index < -0.39 is 40.1 Å². The van der Waals surface area contributed by atoms with Gasteiger partial charge in [-0.05, 0) is 0 Å². The number of aromatic nitrogens is 4. The summed E-state index contributed by atoms with van der Waals surface area (Å²) in [5.74, 6) is -0.297. The molecule has 2 heterocycles. The van der Waals surface area contributed by atoms with Crippen LogP contribution >= 0.6 is 15.6 Å². The molecule has 4 atom stereocenters. The fourth-order valence-electron chi connectivity index (χ4n) is 1.90. The summed E-state index contributed by atoms with van der Waals surface area (Å²) in [6.45, 7) is -1.10. The van der Waals surface area contributed by atoms with Crippen LogP contribution < -0.4 is 80.2 Å². The monoisotopic (exact) mass is 485 g/mol. The van der Waals surface area contributed by atoms with Gasteiger partial charge in [0.2, 0.25) is 5.95 Å². The third-order valence-corrected chi connectivity index (χ3v) is 5.00. The summed E-state index contributed by atoms with van der Waals surface area (Å²) >= 11 is 0. The number of imidazole rings is 1. The zero-order chi connectivity index (χ0) is 21.1. The van der Waals surface area contributed by atoms with Gasteiger partial charge in [0.1, 0.15) is 6.10 Å². The fraction of sp³-hybridized carbons (Fsp3) is 0.300. The number of nitrogens with one attached hydrogen (secondary N) is 1. The molecule has 0 aliphatic rings. The van der Waals surface area contributed by atoms with Gasteiger partial charge in [0.25, 0.3) is 21.2 Å². The van der Waals surface area contributed by atoms with Crippen LogP contribution in [-0.4, -0.2) is 49.7 Å². The molecule has 0 spiro atoms. The van der Waals surface area contributed by atoms with E-state index in [-0.39, 0.29) is 88.8 Å². The molecule has 0 amide bonds. The number of nitrogen functional groups attached to an aromatic ring is 1. The van der Waals surface area contributed by atoms with E-state index in [1.54, 1.807) is 0 Å². The molecule has 16 nitrogen and oxygen atoms in total. The second-order valence-corrected chi connectivity index (χ2v) is 7.65. The van der Waals surface area contributed by atoms with Gasteiger partial charge in [0.15, 0.2) is 30.0 Å². The molecule has 4 unspecified atom stereocenters. The van der Waals surface area contributed by atoms with Crippen molar-refractivity contribution in [3.63, 3.8) is 0 Å². The van der Waals surface area contributed by atoms with E-state index in [4.69, 9.17) is 15.4 Å². The summed E-state index contributed by atoms with van der Waals surface area (Å²) in [6.07, 6.45) is -2.14. The molecule has 30 heavy (non-hydrogen) atoms. The smallest absolute Gasteiger partial charge is 0.756 e. The minimum absolute atomic E-state index is 0. The molecule has 0 aliphatic heterocycles. The Balaban J connectivity index is 0.00000420. The third-order valence-electron chi connectivity index (χ3n) is 2.91. The number of hydrogen-bond donors (Lipinski definition) is 3. The maximum absolute atomic E-state index is 11.7. The van der Waals surface area contributed by atoms with Crippen molar-refractivity contribution >= 4 is 45.3 Å². The molecule has 2 aromatic rings. The predicted octanol–water partition coefficient (Wildman–Crippen LogP) is -9.05. The number of carbonyl (C=O) groups excluding carboxylic acids is 2. The second-order valence-electron chi connectivity index (χ2n) is 4.91. The zero-order valence-corrected chi connectivity index (χ0v) is 21.2. The molecule has 2 rings (SSSR count). The van der Waals surface area contributed by atoms with Crippen molar-refractivity contribution in [1.29, 1.82) is 0 Å². The Morgan fingerprint density at radius 3 is 2.47 bits per heavy atom. The Hall–Kier alpha value is -0.290. The molecule has 20 heteroatoms. The number of ether oxygens (including phenoxy) is 1. The average Bonchev–Trinajstić information content (AvgIpc) is 2.97. The van der Waals surface area contributed by atoms with Crippen molar-refractivity contribution in [2.24, 2.45) is 0 Å². The Morgan fingerprint density at radius 2 is 1.93 bits per heavy atom. The van der Waals surface area contributed by atoms with E-state index >= 15 is 0 Å². The summed E-state index contributed by atoms with van der Waals surface area (Å²) in [5.41, 5.74) is 4.32. The number of nitrogens with zero attached hydrogens (tertiary/aromatic N) is 3. The molecule has 154 valence electrons. The first-order chi connectivity index (χ1) is 13.0. The summed E-state index contributed by atoms with van der Waals surface area (Å²) in [6, 6.07) is 0. The van der Waals surface area contributed by atoms with Gasteiger partial charge < -0.3 is 34.5 Å². The number of anilines is 1. The van der Waals surface area contributed by atoms with Crippen molar-refractivity contribution in [1.82, 2.24) is 19.5 Å². The second kappa shape index (κ2) is 12.1. The molecule has 2 aromatic heterocycles. The van der Waals surface area contributed by atoms with Crippen molar-refractivity contribution in [3.8, 4) is 0 Å². The largest absolute Gasteiger partial charge is 1.00 e.